The van der Waals surface area contributed by atoms with Gasteiger partial charge in [-0.05, 0) is 42.7 Å². The maximum Gasteiger partial charge on any atom is 0.255 e. The van der Waals surface area contributed by atoms with E-state index < -0.39 is 0 Å². The highest BCUT2D eigenvalue weighted by Gasteiger charge is 2.25. The average molecular weight is 568 g/mol. The van der Waals surface area contributed by atoms with Gasteiger partial charge in [0, 0.05) is 75.5 Å². The van der Waals surface area contributed by atoms with Crippen LogP contribution >= 0.6 is 37.2 Å². The van der Waals surface area contributed by atoms with Gasteiger partial charge in [-0.25, -0.2) is 4.98 Å². The van der Waals surface area contributed by atoms with Gasteiger partial charge in [0.2, 0.25) is 5.95 Å². The number of halogens is 3. The largest absolute Gasteiger partial charge is 0.372 e. The van der Waals surface area contributed by atoms with Crippen LogP contribution in [0.5, 0.6) is 0 Å². The summed E-state index contributed by atoms with van der Waals surface area (Å²) in [6.07, 6.45) is 10.1. The summed E-state index contributed by atoms with van der Waals surface area (Å²) in [6.45, 7) is 2.40. The Morgan fingerprint density at radius 2 is 1.65 bits per heavy atom. The maximum atomic E-state index is 12.7. The fraction of sp³-hybridized carbons (Fsp3) is 0.444. The molecule has 0 spiro atoms. The van der Waals surface area contributed by atoms with Gasteiger partial charge < -0.3 is 15.1 Å². The van der Waals surface area contributed by atoms with Crippen molar-refractivity contribution in [2.75, 3.05) is 36.5 Å². The normalized spacial score (nSPS) is 17.7. The van der Waals surface area contributed by atoms with Crippen molar-refractivity contribution in [1.82, 2.24) is 19.9 Å². The summed E-state index contributed by atoms with van der Waals surface area (Å²) in [5.41, 5.74) is 4.09. The number of nitrogens with one attached hydrogen (secondary N) is 1. The van der Waals surface area contributed by atoms with E-state index in [1.54, 1.807) is 30.1 Å². The SMILES string of the molecule is CN(c1ccc([C@H]2CN(c3nc(-c4ccncc4)cc(=O)n3C)CCN2)cc1)C1CCCCC1.Cl.Cl.Cl. The molecule has 0 amide bonds. The molecule has 3 aromatic rings. The number of aromatic nitrogens is 3. The Balaban J connectivity index is 0.00000160. The van der Waals surface area contributed by atoms with Gasteiger partial charge in [-0.3, -0.25) is 14.3 Å². The highest BCUT2D eigenvalue weighted by molar-refractivity contribution is 5.86. The van der Waals surface area contributed by atoms with Gasteiger partial charge in [0.15, 0.2) is 0 Å². The van der Waals surface area contributed by atoms with Crippen molar-refractivity contribution in [1.29, 1.82) is 0 Å². The lowest BCUT2D eigenvalue weighted by Crippen LogP contribution is -2.47. The number of piperazine rings is 1. The minimum Gasteiger partial charge on any atom is -0.372 e. The Kier molecular flexibility index (Phi) is 11.7. The first-order chi connectivity index (χ1) is 16.6. The molecule has 37 heavy (non-hydrogen) atoms. The highest BCUT2D eigenvalue weighted by Crippen LogP contribution is 2.28. The van der Waals surface area contributed by atoms with Crippen LogP contribution < -0.4 is 20.7 Å². The molecule has 2 aromatic heterocycles. The second-order valence-electron chi connectivity index (χ2n) is 9.52. The van der Waals surface area contributed by atoms with Gasteiger partial charge in [0.05, 0.1) is 5.69 Å². The monoisotopic (exact) mass is 566 g/mol. The van der Waals surface area contributed by atoms with Gasteiger partial charge in [-0.2, -0.15) is 0 Å². The molecule has 1 atom stereocenters. The van der Waals surface area contributed by atoms with Crippen LogP contribution in [0.4, 0.5) is 11.6 Å². The molecule has 1 saturated carbocycles. The summed E-state index contributed by atoms with van der Waals surface area (Å²) >= 11 is 0. The number of nitrogens with zero attached hydrogens (tertiary/aromatic N) is 5. The van der Waals surface area contributed by atoms with Crippen molar-refractivity contribution in [2.45, 2.75) is 44.2 Å². The number of hydrogen-bond donors (Lipinski definition) is 1. The molecule has 1 aliphatic carbocycles. The van der Waals surface area contributed by atoms with Crippen LogP contribution in [0.2, 0.25) is 0 Å². The van der Waals surface area contributed by atoms with E-state index in [1.165, 1.54) is 43.4 Å². The third-order valence-electron chi connectivity index (χ3n) is 7.37. The van der Waals surface area contributed by atoms with Crippen LogP contribution in [0.15, 0.2) is 59.7 Å². The van der Waals surface area contributed by atoms with E-state index in [2.05, 4.69) is 51.4 Å². The number of pyridine rings is 1. The van der Waals surface area contributed by atoms with E-state index in [0.29, 0.717) is 17.7 Å². The van der Waals surface area contributed by atoms with Crippen molar-refractivity contribution in [3.8, 4) is 11.3 Å². The van der Waals surface area contributed by atoms with Crippen LogP contribution in [0.3, 0.4) is 0 Å². The molecule has 0 bridgehead atoms. The zero-order valence-electron chi connectivity index (χ0n) is 21.4. The molecule has 3 heterocycles. The number of anilines is 2. The third-order valence-corrected chi connectivity index (χ3v) is 7.37. The molecule has 1 N–H and O–H groups in total. The van der Waals surface area contributed by atoms with Gasteiger partial charge in [0.1, 0.15) is 0 Å². The van der Waals surface area contributed by atoms with E-state index in [4.69, 9.17) is 4.98 Å². The number of benzene rings is 1. The highest BCUT2D eigenvalue weighted by atomic mass is 35.5. The minimum absolute atomic E-state index is 0. The Bertz CT molecular complexity index is 1170. The first kappa shape index (κ1) is 30.9. The molecule has 2 aliphatic rings. The molecule has 5 rings (SSSR count). The lowest BCUT2D eigenvalue weighted by molar-refractivity contribution is 0.427. The zero-order chi connectivity index (χ0) is 23.5. The Morgan fingerprint density at radius 1 is 0.973 bits per heavy atom. The summed E-state index contributed by atoms with van der Waals surface area (Å²) < 4.78 is 1.65. The third kappa shape index (κ3) is 6.96. The molecule has 0 unspecified atom stereocenters. The van der Waals surface area contributed by atoms with E-state index in [9.17, 15) is 4.79 Å². The van der Waals surface area contributed by atoms with Gasteiger partial charge >= 0.3 is 0 Å². The van der Waals surface area contributed by atoms with Crippen molar-refractivity contribution < 1.29 is 0 Å². The van der Waals surface area contributed by atoms with Gasteiger partial charge in [-0.1, -0.05) is 31.4 Å². The van der Waals surface area contributed by atoms with E-state index >= 15 is 0 Å². The predicted octanol–water partition coefficient (Wildman–Crippen LogP) is 5.03. The van der Waals surface area contributed by atoms with Crippen LogP contribution in [0.25, 0.3) is 11.3 Å². The Morgan fingerprint density at radius 3 is 2.32 bits per heavy atom. The smallest absolute Gasteiger partial charge is 0.255 e. The molecule has 202 valence electrons. The standard InChI is InChI=1S/C27H34N6O.3ClH/c1-31(22-6-4-3-5-7-22)23-10-8-20(9-11-23)25-19-33(17-16-29-25)27-30-24(18-26(34)32(27)2)21-12-14-28-15-13-21;;;/h8-15,18,22,25,29H,3-7,16-17,19H2,1-2H3;3*1H/t25-;;;/m1.../s1. The van der Waals surface area contributed by atoms with Crippen molar-refractivity contribution >= 4 is 48.9 Å². The Labute approximate surface area is 237 Å². The van der Waals surface area contributed by atoms with Gasteiger partial charge in [-0.15, -0.1) is 37.2 Å². The fourth-order valence-electron chi connectivity index (χ4n) is 5.26. The Hall–Kier alpha value is -2.32. The molecule has 2 fully saturated rings. The summed E-state index contributed by atoms with van der Waals surface area (Å²) in [5.74, 6) is 0.708. The van der Waals surface area contributed by atoms with E-state index in [0.717, 1.165) is 25.2 Å². The molecule has 10 heteroatoms. The van der Waals surface area contributed by atoms with Crippen LogP contribution in [-0.2, 0) is 7.05 Å². The topological polar surface area (TPSA) is 66.3 Å². The average Bonchev–Trinajstić information content (AvgIpc) is 2.91. The van der Waals surface area contributed by atoms with Crippen LogP contribution in [0, 0.1) is 0 Å². The minimum atomic E-state index is -0.0537. The first-order valence-corrected chi connectivity index (χ1v) is 12.4. The summed E-state index contributed by atoms with van der Waals surface area (Å²) in [7, 11) is 4.03. The second kappa shape index (κ2) is 14.0. The summed E-state index contributed by atoms with van der Waals surface area (Å²) in [5, 5.41) is 3.65. The number of rotatable bonds is 5. The quantitative estimate of drug-likeness (QED) is 0.467. The molecule has 1 saturated heterocycles. The van der Waals surface area contributed by atoms with Crippen LogP contribution in [0.1, 0.15) is 43.7 Å². The van der Waals surface area contributed by atoms with E-state index in [1.807, 2.05) is 12.1 Å². The molecule has 7 nitrogen and oxygen atoms in total. The van der Waals surface area contributed by atoms with E-state index in [-0.39, 0.29) is 48.8 Å². The van der Waals surface area contributed by atoms with Crippen LogP contribution in [-0.4, -0.2) is 47.3 Å². The maximum absolute atomic E-state index is 12.7. The first-order valence-electron chi connectivity index (χ1n) is 12.4. The molecular formula is C27H37Cl3N6O. The second-order valence-corrected chi connectivity index (χ2v) is 9.52. The predicted molar refractivity (Wildman–Crippen MR) is 159 cm³/mol. The van der Waals surface area contributed by atoms with Crippen molar-refractivity contribution in [3.05, 3.63) is 70.8 Å². The molecule has 1 aliphatic heterocycles. The van der Waals surface area contributed by atoms with Gasteiger partial charge in [0.25, 0.3) is 5.56 Å². The summed E-state index contributed by atoms with van der Waals surface area (Å²) in [4.78, 5) is 26.3. The fourth-order valence-corrected chi connectivity index (χ4v) is 5.26. The lowest BCUT2D eigenvalue weighted by atomic mass is 9.94. The van der Waals surface area contributed by atoms with Crippen molar-refractivity contribution in [3.63, 3.8) is 0 Å². The summed E-state index contributed by atoms with van der Waals surface area (Å²) in [6, 6.07) is 15.2. The number of hydrogen-bond acceptors (Lipinski definition) is 6. The van der Waals surface area contributed by atoms with Crippen molar-refractivity contribution in [2.24, 2.45) is 7.05 Å². The molecular weight excluding hydrogens is 531 g/mol. The lowest BCUT2D eigenvalue weighted by Gasteiger charge is -2.36. The molecule has 0 radical (unpaired) electrons. The molecule has 1 aromatic carbocycles. The zero-order valence-corrected chi connectivity index (χ0v) is 23.8.